The fourth-order valence-corrected chi connectivity index (χ4v) is 3.13. The summed E-state index contributed by atoms with van der Waals surface area (Å²) in [6, 6.07) is 5.63. The van der Waals surface area contributed by atoms with Crippen LogP contribution in [0.3, 0.4) is 0 Å². The monoisotopic (exact) mass is 271 g/mol. The quantitative estimate of drug-likeness (QED) is 0.866. The maximum Gasteiger partial charge on any atom is 0.416 e. The molecule has 0 amide bonds. The molecule has 2 N–H and O–H groups in total. The van der Waals surface area contributed by atoms with Gasteiger partial charge in [0, 0.05) is 0 Å². The van der Waals surface area contributed by atoms with Crippen LogP contribution >= 0.6 is 0 Å². The highest BCUT2D eigenvalue weighted by Gasteiger charge is 2.31. The Hall–Kier alpha value is -1.03. The summed E-state index contributed by atoms with van der Waals surface area (Å²) in [7, 11) is 0. The lowest BCUT2D eigenvalue weighted by Gasteiger charge is -2.23. The molecule has 0 aliphatic heterocycles. The summed E-state index contributed by atoms with van der Waals surface area (Å²) in [5.74, 6) is 0.898. The molecule has 0 saturated heterocycles. The molecule has 106 valence electrons. The van der Waals surface area contributed by atoms with E-state index in [1.54, 1.807) is 12.1 Å². The van der Waals surface area contributed by atoms with Gasteiger partial charge in [0.15, 0.2) is 0 Å². The first-order valence-corrected chi connectivity index (χ1v) is 6.89. The first kappa shape index (κ1) is 14.4. The lowest BCUT2D eigenvalue weighted by atomic mass is 9.82. The van der Waals surface area contributed by atoms with Gasteiger partial charge in [0.2, 0.25) is 0 Å². The zero-order chi connectivity index (χ0) is 13.9. The second kappa shape index (κ2) is 5.95. The highest BCUT2D eigenvalue weighted by atomic mass is 19.4. The van der Waals surface area contributed by atoms with Crippen LogP contribution in [0.1, 0.15) is 49.1 Å². The molecule has 1 fully saturated rings. The van der Waals surface area contributed by atoms with Crippen LogP contribution in [0, 0.1) is 5.92 Å². The zero-order valence-corrected chi connectivity index (χ0v) is 10.9. The highest BCUT2D eigenvalue weighted by molar-refractivity contribution is 5.27. The summed E-state index contributed by atoms with van der Waals surface area (Å²) >= 11 is 0. The SMILES string of the molecule is NCCC(c1ccc(C(F)(F)F)cc1)C1CCCC1. The average Bonchev–Trinajstić information content (AvgIpc) is 2.89. The smallest absolute Gasteiger partial charge is 0.330 e. The van der Waals surface area contributed by atoms with Gasteiger partial charge in [-0.3, -0.25) is 0 Å². The van der Waals surface area contributed by atoms with E-state index in [4.69, 9.17) is 5.73 Å². The third-order valence-corrected chi connectivity index (χ3v) is 4.11. The molecule has 1 nitrogen and oxygen atoms in total. The molecule has 0 radical (unpaired) electrons. The number of nitrogens with two attached hydrogens (primary N) is 1. The van der Waals surface area contributed by atoms with Crippen molar-refractivity contribution in [1.82, 2.24) is 0 Å². The van der Waals surface area contributed by atoms with Crippen molar-refractivity contribution in [3.8, 4) is 0 Å². The van der Waals surface area contributed by atoms with Crippen LogP contribution in [-0.2, 0) is 6.18 Å². The van der Waals surface area contributed by atoms with Crippen LogP contribution in [0.5, 0.6) is 0 Å². The minimum Gasteiger partial charge on any atom is -0.330 e. The number of hydrogen-bond donors (Lipinski definition) is 1. The molecular formula is C15H20F3N. The van der Waals surface area contributed by atoms with E-state index < -0.39 is 11.7 Å². The molecule has 4 heteroatoms. The van der Waals surface area contributed by atoms with Crippen molar-refractivity contribution in [2.45, 2.75) is 44.2 Å². The van der Waals surface area contributed by atoms with Gasteiger partial charge >= 0.3 is 6.18 Å². The standard InChI is InChI=1S/C15H20F3N/c16-15(17,18)13-7-5-12(6-8-13)14(9-10-19)11-3-1-2-4-11/h5-8,11,14H,1-4,9-10,19H2. The third kappa shape index (κ3) is 3.50. The number of halogens is 3. The van der Waals surface area contributed by atoms with Crippen LogP contribution in [0.2, 0.25) is 0 Å². The fourth-order valence-electron chi connectivity index (χ4n) is 3.13. The van der Waals surface area contributed by atoms with Crippen LogP contribution < -0.4 is 5.73 Å². The molecule has 1 unspecified atom stereocenters. The number of rotatable bonds is 4. The van der Waals surface area contributed by atoms with Gasteiger partial charge in [-0.25, -0.2) is 0 Å². The summed E-state index contributed by atoms with van der Waals surface area (Å²) in [5.41, 5.74) is 6.08. The van der Waals surface area contributed by atoms with Crippen molar-refractivity contribution in [2.24, 2.45) is 11.7 Å². The maximum absolute atomic E-state index is 12.5. The average molecular weight is 271 g/mol. The lowest BCUT2D eigenvalue weighted by Crippen LogP contribution is -2.15. The molecule has 0 aromatic heterocycles. The van der Waals surface area contributed by atoms with Crippen molar-refractivity contribution in [2.75, 3.05) is 6.54 Å². The summed E-state index contributed by atoms with van der Waals surface area (Å²) in [5, 5.41) is 0. The molecule has 1 aliphatic rings. The van der Waals surface area contributed by atoms with Crippen LogP contribution in [0.4, 0.5) is 13.2 Å². The van der Waals surface area contributed by atoms with E-state index in [0.717, 1.165) is 12.0 Å². The summed E-state index contributed by atoms with van der Waals surface area (Å²) < 4.78 is 37.6. The molecular weight excluding hydrogens is 251 g/mol. The molecule has 0 heterocycles. The third-order valence-electron chi connectivity index (χ3n) is 4.11. The Morgan fingerprint density at radius 2 is 1.68 bits per heavy atom. The maximum atomic E-state index is 12.5. The van der Waals surface area contributed by atoms with E-state index in [-0.39, 0.29) is 0 Å². The number of benzene rings is 1. The van der Waals surface area contributed by atoms with E-state index in [1.165, 1.54) is 37.8 Å². The molecule has 1 aromatic rings. The molecule has 1 aromatic carbocycles. The van der Waals surface area contributed by atoms with Gasteiger partial charge in [0.1, 0.15) is 0 Å². The summed E-state index contributed by atoms with van der Waals surface area (Å²) in [6.45, 7) is 0.586. The fraction of sp³-hybridized carbons (Fsp3) is 0.600. The van der Waals surface area contributed by atoms with E-state index in [2.05, 4.69) is 0 Å². The molecule has 0 bridgehead atoms. The molecule has 1 aliphatic carbocycles. The Morgan fingerprint density at radius 3 is 2.16 bits per heavy atom. The number of hydrogen-bond acceptors (Lipinski definition) is 1. The van der Waals surface area contributed by atoms with E-state index in [0.29, 0.717) is 18.4 Å². The van der Waals surface area contributed by atoms with Gasteiger partial charge in [-0.2, -0.15) is 13.2 Å². The van der Waals surface area contributed by atoms with Crippen molar-refractivity contribution in [3.05, 3.63) is 35.4 Å². The van der Waals surface area contributed by atoms with Crippen molar-refractivity contribution >= 4 is 0 Å². The topological polar surface area (TPSA) is 26.0 Å². The van der Waals surface area contributed by atoms with Crippen molar-refractivity contribution < 1.29 is 13.2 Å². The zero-order valence-electron chi connectivity index (χ0n) is 10.9. The second-order valence-electron chi connectivity index (χ2n) is 5.35. The minimum atomic E-state index is -4.25. The second-order valence-corrected chi connectivity index (χ2v) is 5.35. The van der Waals surface area contributed by atoms with Crippen LogP contribution in [0.25, 0.3) is 0 Å². The Labute approximate surface area is 112 Å². The predicted molar refractivity (Wildman–Crippen MR) is 69.8 cm³/mol. The summed E-state index contributed by atoms with van der Waals surface area (Å²) in [4.78, 5) is 0. The van der Waals surface area contributed by atoms with Gasteiger partial charge < -0.3 is 5.73 Å². The molecule has 19 heavy (non-hydrogen) atoms. The first-order chi connectivity index (χ1) is 9.02. The van der Waals surface area contributed by atoms with Crippen molar-refractivity contribution in [3.63, 3.8) is 0 Å². The highest BCUT2D eigenvalue weighted by Crippen LogP contribution is 2.40. The van der Waals surface area contributed by atoms with E-state index in [9.17, 15) is 13.2 Å². The molecule has 0 spiro atoms. The Morgan fingerprint density at radius 1 is 1.11 bits per heavy atom. The van der Waals surface area contributed by atoms with Gasteiger partial charge in [-0.15, -0.1) is 0 Å². The van der Waals surface area contributed by atoms with E-state index >= 15 is 0 Å². The van der Waals surface area contributed by atoms with Gasteiger partial charge in [-0.05, 0) is 55.3 Å². The van der Waals surface area contributed by atoms with Gasteiger partial charge in [-0.1, -0.05) is 25.0 Å². The molecule has 2 rings (SSSR count). The molecule has 1 saturated carbocycles. The lowest BCUT2D eigenvalue weighted by molar-refractivity contribution is -0.137. The Bertz CT molecular complexity index is 391. The van der Waals surface area contributed by atoms with Crippen LogP contribution in [0.15, 0.2) is 24.3 Å². The largest absolute Gasteiger partial charge is 0.416 e. The minimum absolute atomic E-state index is 0.315. The van der Waals surface area contributed by atoms with Crippen molar-refractivity contribution in [1.29, 1.82) is 0 Å². The first-order valence-electron chi connectivity index (χ1n) is 6.89. The van der Waals surface area contributed by atoms with Gasteiger partial charge in [0.05, 0.1) is 5.56 Å². The Balaban J connectivity index is 2.17. The Kier molecular flexibility index (Phi) is 4.50. The predicted octanol–water partition coefficient (Wildman–Crippen LogP) is 4.33. The van der Waals surface area contributed by atoms with E-state index in [1.807, 2.05) is 0 Å². The summed E-state index contributed by atoms with van der Waals surface area (Å²) in [6.07, 6.45) is 1.40. The van der Waals surface area contributed by atoms with Crippen LogP contribution in [-0.4, -0.2) is 6.54 Å². The number of alkyl halides is 3. The van der Waals surface area contributed by atoms with Gasteiger partial charge in [0.25, 0.3) is 0 Å². The normalized spacial score (nSPS) is 18.7. The molecule has 1 atom stereocenters.